The van der Waals surface area contributed by atoms with Gasteiger partial charge in [-0.25, -0.2) is 4.98 Å². The van der Waals surface area contributed by atoms with Crippen LogP contribution in [0.5, 0.6) is 5.88 Å². The maximum atomic E-state index is 13.8. The highest BCUT2D eigenvalue weighted by molar-refractivity contribution is 9.18. The van der Waals surface area contributed by atoms with Gasteiger partial charge < -0.3 is 29.7 Å². The molecule has 0 aliphatic heterocycles. The molecule has 92 heavy (non-hydrogen) atoms. The van der Waals surface area contributed by atoms with Crippen LogP contribution in [0.4, 0.5) is 0 Å². The van der Waals surface area contributed by atoms with Crippen LogP contribution >= 0.6 is 15.9 Å². The van der Waals surface area contributed by atoms with Gasteiger partial charge in [-0.1, -0.05) is 41.5 Å². The number of benzene rings is 3. The number of ketones is 3. The first-order valence-corrected chi connectivity index (χ1v) is 31.8. The topological polar surface area (TPSA) is 294 Å². The number of H-pyrrole nitrogens is 2. The lowest BCUT2D eigenvalue weighted by Crippen LogP contribution is -2.26. The van der Waals surface area contributed by atoms with E-state index < -0.39 is 0 Å². The molecule has 6 aromatic rings. The van der Waals surface area contributed by atoms with Crippen LogP contribution < -0.4 is 15.9 Å². The van der Waals surface area contributed by atoms with Gasteiger partial charge in [0.15, 0.2) is 22.0 Å². The van der Waals surface area contributed by atoms with E-state index in [1.165, 1.54) is 13.8 Å². The Bertz CT molecular complexity index is 4120. The molecule has 0 unspecified atom stereocenters. The van der Waals surface area contributed by atoms with Gasteiger partial charge >= 0.3 is 5.97 Å². The van der Waals surface area contributed by atoms with E-state index in [1.807, 2.05) is 82.2 Å². The number of aliphatic hydroxyl groups is 2. The predicted molar refractivity (Wildman–Crippen MR) is 356 cm³/mol. The van der Waals surface area contributed by atoms with Gasteiger partial charge in [0.05, 0.1) is 48.6 Å². The summed E-state index contributed by atoms with van der Waals surface area (Å²) >= 11 is 2.63. The monoisotopic (exact) mass is 1310 g/mol. The van der Waals surface area contributed by atoms with Crippen LogP contribution in [0.25, 0.3) is 0 Å². The zero-order valence-electron chi connectivity index (χ0n) is 55.6. The third-order valence-corrected chi connectivity index (χ3v) is 17.4. The number of nitrogens with zero attached hydrogens (tertiary/aromatic N) is 4. The molecule has 3 fully saturated rings. The Labute approximate surface area is 547 Å². The molecule has 0 atom stereocenters. The van der Waals surface area contributed by atoms with Crippen LogP contribution in [-0.2, 0) is 33.6 Å². The third kappa shape index (κ3) is 17.6. The first-order chi connectivity index (χ1) is 43.3. The van der Waals surface area contributed by atoms with Gasteiger partial charge in [-0.2, -0.15) is 15.8 Å². The normalized spacial score (nSPS) is 14.2. The zero-order chi connectivity index (χ0) is 68.5. The van der Waals surface area contributed by atoms with Gasteiger partial charge in [0.2, 0.25) is 5.88 Å². The average molecular weight is 1310 g/mol. The lowest BCUT2D eigenvalue weighted by Gasteiger charge is -2.23. The highest BCUT2D eigenvalue weighted by Gasteiger charge is 2.47. The van der Waals surface area contributed by atoms with Crippen molar-refractivity contribution in [2.24, 2.45) is 16.2 Å². The number of rotatable bonds is 20. The summed E-state index contributed by atoms with van der Waals surface area (Å²) in [5.74, 6) is -0.739. The second kappa shape index (κ2) is 30.3. The molecule has 3 aromatic heterocycles. The number of carbonyl (C=O) groups excluding carboxylic acids is 5. The largest absolute Gasteiger partial charge is 0.481 e. The smallest absolute Gasteiger partial charge is 0.302 e. The van der Waals surface area contributed by atoms with E-state index in [0.717, 1.165) is 83.2 Å². The highest BCUT2D eigenvalue weighted by atomic mass is 79.9. The average Bonchev–Trinajstić information content (AvgIpc) is 1.79. The Morgan fingerprint density at radius 1 is 0.543 bits per heavy atom. The standard InChI is InChI=1S/C25H28N2O4.C24H28N2O3.C23H26N2O3.C2H3BrO/c1-14(2)21-22(23(29)19-9-15(3)8-18(10-19)12-26)20(16(4)27-24(21)30)11-25(6-7-25)13-31-17(5)28;1-14(2)20-21(22(28)18-9-15(3)8-17(10-18)12-25)19(11-24(13-27)6-7-24)16(4)26-23(20)29-5;1-13(2)19-20(21(27)17-8-14(3)7-16(9-17)11-24)18(15(4)25-22(19)28)10-23(12-26)5-6-23;1-2(3)4/h8-10,14H,6-7,11,13H2,1-5H3,(H,27,30);8-10,14,27H,6-7,11,13H2,1-5H3;7-9,13,26H,5-6,10,12H2,1-4H3,(H,25,28);1H3. The summed E-state index contributed by atoms with van der Waals surface area (Å²) in [6.07, 6.45) is 7.23. The zero-order valence-corrected chi connectivity index (χ0v) is 57.2. The number of nitrogens with one attached hydrogen (secondary N) is 2. The number of halogens is 1. The van der Waals surface area contributed by atoms with Crippen molar-refractivity contribution in [3.05, 3.63) is 193 Å². The van der Waals surface area contributed by atoms with Gasteiger partial charge in [-0.3, -0.25) is 33.6 Å². The number of nitriles is 3. The number of hydrogen-bond donors (Lipinski definition) is 4. The van der Waals surface area contributed by atoms with E-state index in [1.54, 1.807) is 62.6 Å². The molecule has 0 saturated heterocycles. The molecule has 3 aliphatic rings. The minimum absolute atomic E-state index is 0.0208. The van der Waals surface area contributed by atoms with Gasteiger partial charge in [0.25, 0.3) is 11.1 Å². The van der Waals surface area contributed by atoms with Crippen LogP contribution in [0, 0.1) is 91.8 Å². The summed E-state index contributed by atoms with van der Waals surface area (Å²) in [7, 11) is 1.57. The molecular formula is C74H85BrN6O11. The molecular weight excluding hydrogens is 1230 g/mol. The number of methoxy groups -OCH3 is 1. The van der Waals surface area contributed by atoms with Gasteiger partial charge in [-0.15, -0.1) is 0 Å². The number of ether oxygens (including phenoxy) is 2. The second-order valence-corrected chi connectivity index (χ2v) is 27.4. The summed E-state index contributed by atoms with van der Waals surface area (Å²) in [4.78, 5) is 97.8. The minimum Gasteiger partial charge on any atom is -0.481 e. The Kier molecular flexibility index (Phi) is 23.9. The first-order valence-electron chi connectivity index (χ1n) is 31.1. The lowest BCUT2D eigenvalue weighted by atomic mass is 9.84. The molecule has 3 heterocycles. The summed E-state index contributed by atoms with van der Waals surface area (Å²) in [6.45, 7) is 26.0. The SMILES string of the molecule is CC(=O)Br.CC(=O)OCC1(Cc2c(C)[nH]c(=O)c(C(C)C)c2C(=O)c2cc(C)cc(C#N)c2)CC1.COc1nc(C)c(CC2(CO)CC2)c(C(=O)c2cc(C)cc(C#N)c2)c1C(C)C.Cc1cc(C#N)cc(C(=O)c2c(CC3(CO)CC3)c(C)[nH]c(=O)c2C(C)C)c1. The molecule has 9 rings (SSSR count). The molecule has 0 radical (unpaired) electrons. The second-order valence-electron chi connectivity index (χ2n) is 26.3. The van der Waals surface area contributed by atoms with Crippen LogP contribution in [0.1, 0.15) is 243 Å². The number of hydrogen-bond acceptors (Lipinski definition) is 15. The predicted octanol–water partition coefficient (Wildman–Crippen LogP) is 12.8. The Balaban J connectivity index is 0.000000213. The molecule has 3 aliphatic carbocycles. The number of aliphatic hydroxyl groups excluding tert-OH is 2. The van der Waals surface area contributed by atoms with Crippen molar-refractivity contribution >= 4 is 43.9 Å². The Morgan fingerprint density at radius 3 is 1.14 bits per heavy atom. The maximum Gasteiger partial charge on any atom is 0.302 e. The third-order valence-electron chi connectivity index (χ3n) is 17.4. The van der Waals surface area contributed by atoms with E-state index in [0.29, 0.717) is 104 Å². The molecule has 0 bridgehead atoms. The van der Waals surface area contributed by atoms with Crippen molar-refractivity contribution in [3.63, 3.8) is 0 Å². The van der Waals surface area contributed by atoms with Crippen molar-refractivity contribution < 1.29 is 43.7 Å². The van der Waals surface area contributed by atoms with Gasteiger partial charge in [-0.05, 0) is 232 Å². The lowest BCUT2D eigenvalue weighted by molar-refractivity contribution is -0.142. The summed E-state index contributed by atoms with van der Waals surface area (Å²) < 4.78 is 10.8. The van der Waals surface area contributed by atoms with E-state index in [-0.39, 0.29) is 86.3 Å². The quantitative estimate of drug-likeness (QED) is 0.0314. The maximum absolute atomic E-state index is 13.8. The van der Waals surface area contributed by atoms with Crippen LogP contribution in [0.3, 0.4) is 0 Å². The number of esters is 1. The summed E-state index contributed by atoms with van der Waals surface area (Å²) in [5.41, 5.74) is 11.8. The minimum atomic E-state index is -0.326. The van der Waals surface area contributed by atoms with Crippen LogP contribution in [-0.4, -0.2) is 80.1 Å². The Hall–Kier alpha value is -8.47. The van der Waals surface area contributed by atoms with Crippen molar-refractivity contribution in [1.29, 1.82) is 15.8 Å². The number of pyridine rings is 3. The molecule has 0 amide bonds. The number of aryl methyl sites for hydroxylation is 6. The van der Waals surface area contributed by atoms with E-state index in [9.17, 15) is 59.6 Å². The first kappa shape index (κ1) is 72.6. The van der Waals surface area contributed by atoms with E-state index in [4.69, 9.17) is 9.47 Å². The summed E-state index contributed by atoms with van der Waals surface area (Å²) in [6, 6.07) is 21.7. The summed E-state index contributed by atoms with van der Waals surface area (Å²) in [5, 5.41) is 47.6. The highest BCUT2D eigenvalue weighted by Crippen LogP contribution is 2.52. The number of aromatic nitrogens is 3. The number of carbonyl (C=O) groups is 5. The van der Waals surface area contributed by atoms with Gasteiger partial charge in [0, 0.05) is 99.6 Å². The van der Waals surface area contributed by atoms with E-state index >= 15 is 0 Å². The Morgan fingerprint density at radius 2 is 0.859 bits per heavy atom. The fraction of sp³-hybridized carbons (Fsp3) is 0.446. The molecule has 3 aromatic carbocycles. The number of aromatic amines is 2. The van der Waals surface area contributed by atoms with Gasteiger partial charge in [0.1, 0.15) is 0 Å². The van der Waals surface area contributed by atoms with Crippen molar-refractivity contribution in [3.8, 4) is 24.1 Å². The molecule has 4 N–H and O–H groups in total. The van der Waals surface area contributed by atoms with Crippen molar-refractivity contribution in [2.45, 2.75) is 172 Å². The molecule has 17 nitrogen and oxygen atoms in total. The molecule has 18 heteroatoms. The molecule has 0 spiro atoms. The van der Waals surface area contributed by atoms with Crippen molar-refractivity contribution in [2.75, 3.05) is 26.9 Å². The fourth-order valence-corrected chi connectivity index (χ4v) is 11.9. The fourth-order valence-electron chi connectivity index (χ4n) is 11.9. The van der Waals surface area contributed by atoms with Crippen LogP contribution in [0.2, 0.25) is 0 Å². The molecule has 3 saturated carbocycles. The van der Waals surface area contributed by atoms with E-state index in [2.05, 4.69) is 49.1 Å². The molecule has 484 valence electrons. The van der Waals surface area contributed by atoms with Crippen molar-refractivity contribution in [1.82, 2.24) is 15.0 Å². The van der Waals surface area contributed by atoms with Crippen LogP contribution in [0.15, 0.2) is 64.2 Å².